The van der Waals surface area contributed by atoms with Crippen LogP contribution in [0.2, 0.25) is 0 Å². The highest BCUT2D eigenvalue weighted by molar-refractivity contribution is 6.20. The highest BCUT2D eigenvalue weighted by atomic mass is 16.3. The summed E-state index contributed by atoms with van der Waals surface area (Å²) in [6.45, 7) is 0. The molecule has 0 aliphatic rings. The third-order valence-electron chi connectivity index (χ3n) is 9.80. The Balaban J connectivity index is 1.21. The Morgan fingerprint density at radius 1 is 0.312 bits per heavy atom. The van der Waals surface area contributed by atoms with E-state index in [0.29, 0.717) is 0 Å². The normalized spacial score (nSPS) is 11.8. The molecule has 48 heavy (non-hydrogen) atoms. The summed E-state index contributed by atoms with van der Waals surface area (Å²) in [5.41, 5.74) is 7.36. The number of benzene rings is 9. The van der Waals surface area contributed by atoms with Crippen molar-refractivity contribution in [2.24, 2.45) is 0 Å². The molecule has 0 radical (unpaired) electrons. The molecule has 0 saturated carbocycles. The van der Waals surface area contributed by atoms with Crippen LogP contribution in [-0.2, 0) is 0 Å². The molecule has 1 aromatic heterocycles. The van der Waals surface area contributed by atoms with E-state index in [2.05, 4.69) is 181 Å². The van der Waals surface area contributed by atoms with E-state index in [1.54, 1.807) is 0 Å². The van der Waals surface area contributed by atoms with E-state index < -0.39 is 0 Å². The Bertz CT molecular complexity index is 2850. The molecular formula is C46H29NO. The maximum Gasteiger partial charge on any atom is 0.137 e. The van der Waals surface area contributed by atoms with Crippen molar-refractivity contribution < 1.29 is 4.42 Å². The average Bonchev–Trinajstić information content (AvgIpc) is 3.54. The number of hydrogen-bond donors (Lipinski definition) is 0. The van der Waals surface area contributed by atoms with Gasteiger partial charge in [0.25, 0.3) is 0 Å². The highest BCUT2D eigenvalue weighted by Crippen LogP contribution is 2.42. The van der Waals surface area contributed by atoms with Crippen LogP contribution in [-0.4, -0.2) is 0 Å². The Morgan fingerprint density at radius 3 is 1.75 bits per heavy atom. The standard InChI is InChI=1S/C46H29NO/c1-2-9-30(10-3-1)34-13-8-14-35(27-34)47(37-22-25-42-45(29-37)48-44-26-20-32-12-5-7-16-39(32)46(42)44)36-21-17-33-19-23-40-38-15-6-4-11-31(38)18-24-41(40)43(33)28-36/h1-29H. The lowest BCUT2D eigenvalue weighted by Gasteiger charge is -2.26. The summed E-state index contributed by atoms with van der Waals surface area (Å²) in [5, 5.41) is 12.2. The van der Waals surface area contributed by atoms with Crippen molar-refractivity contribution in [3.05, 3.63) is 176 Å². The SMILES string of the molecule is c1ccc(-c2cccc(N(c3ccc4c(c3)oc3ccc5ccccc5c34)c3ccc4ccc5c6ccccc6ccc5c4c3)c2)cc1. The molecule has 0 saturated heterocycles. The van der Waals surface area contributed by atoms with E-state index in [9.17, 15) is 0 Å². The molecule has 9 aromatic carbocycles. The lowest BCUT2D eigenvalue weighted by atomic mass is 9.96. The van der Waals surface area contributed by atoms with Gasteiger partial charge in [-0.25, -0.2) is 0 Å². The largest absolute Gasteiger partial charge is 0.456 e. The number of anilines is 3. The quantitative estimate of drug-likeness (QED) is 0.184. The predicted molar refractivity (Wildman–Crippen MR) is 204 cm³/mol. The van der Waals surface area contributed by atoms with Gasteiger partial charge in [-0.15, -0.1) is 0 Å². The van der Waals surface area contributed by atoms with Crippen LogP contribution < -0.4 is 4.90 Å². The zero-order valence-electron chi connectivity index (χ0n) is 26.1. The fourth-order valence-electron chi connectivity index (χ4n) is 7.52. The van der Waals surface area contributed by atoms with E-state index >= 15 is 0 Å². The van der Waals surface area contributed by atoms with Crippen molar-refractivity contribution in [2.45, 2.75) is 0 Å². The monoisotopic (exact) mass is 611 g/mol. The van der Waals surface area contributed by atoms with Crippen LogP contribution in [0, 0.1) is 0 Å². The third kappa shape index (κ3) is 4.20. The molecule has 2 heteroatoms. The first kappa shape index (κ1) is 26.8. The molecule has 0 aliphatic carbocycles. The van der Waals surface area contributed by atoms with Crippen LogP contribution in [0.4, 0.5) is 17.1 Å². The molecule has 1 heterocycles. The van der Waals surface area contributed by atoms with Crippen molar-refractivity contribution in [2.75, 3.05) is 4.90 Å². The lowest BCUT2D eigenvalue weighted by molar-refractivity contribution is 0.669. The smallest absolute Gasteiger partial charge is 0.137 e. The van der Waals surface area contributed by atoms with Crippen molar-refractivity contribution >= 4 is 82.1 Å². The van der Waals surface area contributed by atoms with Gasteiger partial charge in [0.15, 0.2) is 0 Å². The average molecular weight is 612 g/mol. The molecule has 0 spiro atoms. The molecule has 0 bridgehead atoms. The molecule has 0 N–H and O–H groups in total. The zero-order chi connectivity index (χ0) is 31.6. The second-order valence-corrected chi connectivity index (χ2v) is 12.5. The highest BCUT2D eigenvalue weighted by Gasteiger charge is 2.18. The van der Waals surface area contributed by atoms with E-state index in [1.807, 2.05) is 0 Å². The van der Waals surface area contributed by atoms with Gasteiger partial charge in [-0.3, -0.25) is 0 Å². The molecule has 0 aliphatic heterocycles. The van der Waals surface area contributed by atoms with Gasteiger partial charge in [-0.1, -0.05) is 127 Å². The molecule has 10 aromatic rings. The number of fused-ring (bicyclic) bond motifs is 10. The second-order valence-electron chi connectivity index (χ2n) is 12.5. The van der Waals surface area contributed by atoms with Crippen molar-refractivity contribution in [3.63, 3.8) is 0 Å². The first-order valence-corrected chi connectivity index (χ1v) is 16.4. The van der Waals surface area contributed by atoms with E-state index in [0.717, 1.165) is 39.0 Å². The van der Waals surface area contributed by atoms with Crippen molar-refractivity contribution in [1.82, 2.24) is 0 Å². The third-order valence-corrected chi connectivity index (χ3v) is 9.80. The summed E-state index contributed by atoms with van der Waals surface area (Å²) in [6.07, 6.45) is 0. The summed E-state index contributed by atoms with van der Waals surface area (Å²) >= 11 is 0. The number of rotatable bonds is 4. The second kappa shape index (κ2) is 10.6. The van der Waals surface area contributed by atoms with E-state index in [-0.39, 0.29) is 0 Å². The number of hydrogen-bond acceptors (Lipinski definition) is 2. The van der Waals surface area contributed by atoms with Crippen LogP contribution in [0.25, 0.3) is 76.2 Å². The predicted octanol–water partition coefficient (Wildman–Crippen LogP) is 13.3. The number of furan rings is 1. The van der Waals surface area contributed by atoms with Crippen molar-refractivity contribution in [3.8, 4) is 11.1 Å². The molecule has 10 rings (SSSR count). The molecule has 0 amide bonds. The van der Waals surface area contributed by atoms with Crippen LogP contribution in [0.15, 0.2) is 180 Å². The van der Waals surface area contributed by atoms with E-state index in [4.69, 9.17) is 4.42 Å². The summed E-state index contributed by atoms with van der Waals surface area (Å²) in [4.78, 5) is 2.36. The van der Waals surface area contributed by atoms with Crippen LogP contribution in [0.5, 0.6) is 0 Å². The Labute approximate surface area is 277 Å². The Morgan fingerprint density at radius 2 is 0.896 bits per heavy atom. The van der Waals surface area contributed by atoms with Gasteiger partial charge in [0.05, 0.1) is 0 Å². The maximum absolute atomic E-state index is 6.56. The minimum atomic E-state index is 0.876. The van der Waals surface area contributed by atoms with Gasteiger partial charge in [0, 0.05) is 33.9 Å². The summed E-state index contributed by atoms with van der Waals surface area (Å²) in [6, 6.07) is 63.3. The molecule has 224 valence electrons. The fraction of sp³-hybridized carbons (Fsp3) is 0. The number of nitrogens with zero attached hydrogens (tertiary/aromatic N) is 1. The topological polar surface area (TPSA) is 16.4 Å². The van der Waals surface area contributed by atoms with Crippen LogP contribution >= 0.6 is 0 Å². The minimum absolute atomic E-state index is 0.876. The van der Waals surface area contributed by atoms with Gasteiger partial charge in [-0.05, 0) is 96.7 Å². The fourth-order valence-corrected chi connectivity index (χ4v) is 7.52. The zero-order valence-corrected chi connectivity index (χ0v) is 26.1. The van der Waals surface area contributed by atoms with Crippen LogP contribution in [0.3, 0.4) is 0 Å². The first-order valence-electron chi connectivity index (χ1n) is 16.4. The Hall–Kier alpha value is -6.38. The molecule has 0 unspecified atom stereocenters. The lowest BCUT2D eigenvalue weighted by Crippen LogP contribution is -2.10. The van der Waals surface area contributed by atoms with Gasteiger partial charge >= 0.3 is 0 Å². The van der Waals surface area contributed by atoms with Gasteiger partial charge in [0.1, 0.15) is 11.2 Å². The van der Waals surface area contributed by atoms with Gasteiger partial charge in [0.2, 0.25) is 0 Å². The summed E-state index contributed by atoms with van der Waals surface area (Å²) in [7, 11) is 0. The van der Waals surface area contributed by atoms with Crippen LogP contribution in [0.1, 0.15) is 0 Å². The molecule has 0 atom stereocenters. The minimum Gasteiger partial charge on any atom is -0.456 e. The Kier molecular flexibility index (Phi) is 5.91. The first-order chi connectivity index (χ1) is 23.8. The molecular weight excluding hydrogens is 583 g/mol. The molecule has 0 fully saturated rings. The maximum atomic E-state index is 6.56. The van der Waals surface area contributed by atoms with Gasteiger partial charge in [-0.2, -0.15) is 0 Å². The summed E-state index contributed by atoms with van der Waals surface area (Å²) < 4.78 is 6.56. The van der Waals surface area contributed by atoms with Crippen molar-refractivity contribution in [1.29, 1.82) is 0 Å². The van der Waals surface area contributed by atoms with E-state index in [1.165, 1.54) is 54.2 Å². The summed E-state index contributed by atoms with van der Waals surface area (Å²) in [5.74, 6) is 0. The van der Waals surface area contributed by atoms with Gasteiger partial charge < -0.3 is 9.32 Å². The molecule has 2 nitrogen and oxygen atoms in total.